The van der Waals surface area contributed by atoms with Crippen LogP contribution in [0.3, 0.4) is 0 Å². The van der Waals surface area contributed by atoms with E-state index in [0.29, 0.717) is 48.8 Å². The highest BCUT2D eigenvalue weighted by Gasteiger charge is 2.49. The van der Waals surface area contributed by atoms with Gasteiger partial charge < -0.3 is 9.80 Å². The molecule has 0 N–H and O–H groups in total. The number of allylic oxidation sites excluding steroid dienone is 4. The number of halogens is 2. The number of imide groups is 2. The van der Waals surface area contributed by atoms with Gasteiger partial charge in [-0.3, -0.25) is 29.0 Å². The Balaban J connectivity index is 0.935. The zero-order valence-corrected chi connectivity index (χ0v) is 23.5. The maximum Gasteiger partial charge on any atom is 0.233 e. The van der Waals surface area contributed by atoms with Crippen molar-refractivity contribution in [3.63, 3.8) is 0 Å². The summed E-state index contributed by atoms with van der Waals surface area (Å²) >= 11 is 12.2. The van der Waals surface area contributed by atoms with Gasteiger partial charge in [0.1, 0.15) is 0 Å². The first kappa shape index (κ1) is 27.8. The molecule has 208 valence electrons. The van der Waals surface area contributed by atoms with E-state index in [1.807, 2.05) is 12.2 Å². The summed E-state index contributed by atoms with van der Waals surface area (Å²) in [6.07, 6.45) is 9.51. The average Bonchev–Trinajstić information content (AvgIpc) is 3.28. The van der Waals surface area contributed by atoms with Gasteiger partial charge >= 0.3 is 0 Å². The van der Waals surface area contributed by atoms with Crippen LogP contribution in [0.1, 0.15) is 51.4 Å². The van der Waals surface area contributed by atoms with E-state index in [1.165, 1.54) is 9.80 Å². The fraction of sp³-hybridized carbons (Fsp3) is 0.714. The fourth-order valence-corrected chi connectivity index (χ4v) is 7.19. The topological polar surface area (TPSA) is 81.2 Å². The Bertz CT molecular complexity index is 942. The maximum atomic E-state index is 12.7. The number of hydrogen-bond acceptors (Lipinski definition) is 6. The van der Waals surface area contributed by atoms with Gasteiger partial charge in [0.25, 0.3) is 0 Å². The van der Waals surface area contributed by atoms with E-state index in [0.717, 1.165) is 65.0 Å². The van der Waals surface area contributed by atoms with Crippen molar-refractivity contribution in [1.82, 2.24) is 19.6 Å². The molecule has 2 aliphatic carbocycles. The number of rotatable bonds is 10. The molecular formula is C28H38Cl2N4O4. The summed E-state index contributed by atoms with van der Waals surface area (Å²) in [5.74, 6) is -1.07. The molecule has 10 heteroatoms. The van der Waals surface area contributed by atoms with Crippen molar-refractivity contribution in [2.75, 3.05) is 52.4 Å². The molecule has 5 rings (SSSR count). The molecular weight excluding hydrogens is 527 g/mol. The van der Waals surface area contributed by atoms with Gasteiger partial charge in [0.05, 0.1) is 23.7 Å². The summed E-state index contributed by atoms with van der Waals surface area (Å²) in [5, 5.41) is 1.40. The van der Waals surface area contributed by atoms with E-state index in [4.69, 9.17) is 23.2 Å². The Labute approximate surface area is 234 Å². The van der Waals surface area contributed by atoms with Gasteiger partial charge in [-0.15, -0.1) is 0 Å². The molecule has 0 aromatic rings. The van der Waals surface area contributed by atoms with Crippen LogP contribution < -0.4 is 0 Å². The smallest absolute Gasteiger partial charge is 0.233 e. The summed E-state index contributed by atoms with van der Waals surface area (Å²) in [5.41, 5.74) is 0. The second kappa shape index (κ2) is 12.2. The van der Waals surface area contributed by atoms with Crippen LogP contribution in [0.4, 0.5) is 0 Å². The van der Waals surface area contributed by atoms with Crippen molar-refractivity contribution in [2.24, 2.45) is 23.7 Å². The summed E-state index contributed by atoms with van der Waals surface area (Å²) in [6, 6.07) is 0. The lowest BCUT2D eigenvalue weighted by atomic mass is 9.85. The summed E-state index contributed by atoms with van der Waals surface area (Å²) in [6.45, 7) is 7.01. The van der Waals surface area contributed by atoms with Crippen LogP contribution in [0.5, 0.6) is 0 Å². The van der Waals surface area contributed by atoms with Crippen LogP contribution in [0.25, 0.3) is 0 Å². The molecule has 3 aliphatic heterocycles. The molecule has 5 aliphatic rings. The van der Waals surface area contributed by atoms with Crippen LogP contribution in [0.15, 0.2) is 22.2 Å². The largest absolute Gasteiger partial charge is 0.301 e. The predicted octanol–water partition coefficient (Wildman–Crippen LogP) is 3.20. The SMILES string of the molecule is O=C1[C@H]2CC(Cl)=CC[C@H]2C(=O)N1CCCCN1CCN(CCCCN2C(=O)[C@@H]3CC=C(Cl)C[C@H]3C2=O)CC1. The lowest BCUT2D eigenvalue weighted by Crippen LogP contribution is -2.47. The Kier molecular flexibility index (Phi) is 8.92. The molecule has 4 atom stereocenters. The van der Waals surface area contributed by atoms with Gasteiger partial charge in [-0.25, -0.2) is 0 Å². The highest BCUT2D eigenvalue weighted by atomic mass is 35.5. The van der Waals surface area contributed by atoms with Crippen molar-refractivity contribution in [3.8, 4) is 0 Å². The highest BCUT2D eigenvalue weighted by molar-refractivity contribution is 6.30. The second-order valence-electron chi connectivity index (χ2n) is 11.4. The first-order chi connectivity index (χ1) is 18.3. The standard InChI is InChI=1S/C28H38Cl2N4O4/c29-19-5-7-21-23(17-19)27(37)33(25(21)35)11-3-1-9-31-13-15-32(16-14-31)10-2-4-12-34-26(36)22-8-6-20(30)18-24(22)28(34)38/h5-6,21-24H,1-4,7-18H2/t21-,22-,23-,24+/m1/s1. The molecule has 0 aromatic carbocycles. The third-order valence-electron chi connectivity index (χ3n) is 9.00. The number of nitrogens with zero attached hydrogens (tertiary/aromatic N) is 4. The lowest BCUT2D eigenvalue weighted by Gasteiger charge is -2.34. The second-order valence-corrected chi connectivity index (χ2v) is 12.3. The molecule has 38 heavy (non-hydrogen) atoms. The number of fused-ring (bicyclic) bond motifs is 2. The number of amides is 4. The molecule has 0 bridgehead atoms. The summed E-state index contributed by atoms with van der Waals surface area (Å²) in [7, 11) is 0. The Morgan fingerprint density at radius 2 is 0.895 bits per heavy atom. The van der Waals surface area contributed by atoms with Gasteiger partial charge in [-0.2, -0.15) is 0 Å². The lowest BCUT2D eigenvalue weighted by molar-refractivity contribution is -0.141. The zero-order chi connectivity index (χ0) is 26.8. The first-order valence-electron chi connectivity index (χ1n) is 14.2. The minimum atomic E-state index is -0.259. The summed E-state index contributed by atoms with van der Waals surface area (Å²) in [4.78, 5) is 58.5. The Hall–Kier alpha value is -1.74. The van der Waals surface area contributed by atoms with E-state index in [2.05, 4.69) is 9.80 Å². The summed E-state index contributed by atoms with van der Waals surface area (Å²) < 4.78 is 0. The molecule has 3 heterocycles. The number of unbranched alkanes of at least 4 members (excludes halogenated alkanes) is 2. The Morgan fingerprint density at radius 1 is 0.553 bits per heavy atom. The fourth-order valence-electron chi connectivity index (χ4n) is 6.68. The number of carbonyl (C=O) groups is 4. The van der Waals surface area contributed by atoms with Crippen molar-refractivity contribution in [1.29, 1.82) is 0 Å². The molecule has 3 fully saturated rings. The number of hydrogen-bond donors (Lipinski definition) is 0. The van der Waals surface area contributed by atoms with Gasteiger partial charge in [-0.05, 0) is 64.5 Å². The van der Waals surface area contributed by atoms with E-state index >= 15 is 0 Å². The van der Waals surface area contributed by atoms with Crippen molar-refractivity contribution in [2.45, 2.75) is 51.4 Å². The van der Waals surface area contributed by atoms with Gasteiger partial charge in [-0.1, -0.05) is 35.4 Å². The maximum absolute atomic E-state index is 12.7. The van der Waals surface area contributed by atoms with Crippen LogP contribution >= 0.6 is 23.2 Å². The van der Waals surface area contributed by atoms with E-state index in [-0.39, 0.29) is 47.3 Å². The molecule has 4 amide bonds. The monoisotopic (exact) mass is 564 g/mol. The zero-order valence-electron chi connectivity index (χ0n) is 22.0. The number of likely N-dealkylation sites (tertiary alicyclic amines) is 2. The highest BCUT2D eigenvalue weighted by Crippen LogP contribution is 2.40. The van der Waals surface area contributed by atoms with Crippen LogP contribution in [0.2, 0.25) is 0 Å². The Morgan fingerprint density at radius 3 is 1.29 bits per heavy atom. The van der Waals surface area contributed by atoms with Crippen LogP contribution in [-0.2, 0) is 19.2 Å². The van der Waals surface area contributed by atoms with Crippen molar-refractivity contribution < 1.29 is 19.2 Å². The third-order valence-corrected chi connectivity index (χ3v) is 9.61. The first-order valence-corrected chi connectivity index (χ1v) is 14.9. The van der Waals surface area contributed by atoms with E-state index in [1.54, 1.807) is 0 Å². The number of piperazine rings is 1. The number of carbonyl (C=O) groups excluding carboxylic acids is 4. The quantitative estimate of drug-likeness (QED) is 0.299. The van der Waals surface area contributed by atoms with Crippen LogP contribution in [0, 0.1) is 23.7 Å². The van der Waals surface area contributed by atoms with Crippen molar-refractivity contribution >= 4 is 46.8 Å². The van der Waals surface area contributed by atoms with Crippen LogP contribution in [-0.4, -0.2) is 95.6 Å². The predicted molar refractivity (Wildman–Crippen MR) is 145 cm³/mol. The third kappa shape index (κ3) is 5.88. The molecule has 8 nitrogen and oxygen atoms in total. The van der Waals surface area contributed by atoms with E-state index < -0.39 is 0 Å². The molecule has 0 spiro atoms. The minimum absolute atomic E-state index is 0.0211. The normalized spacial score (nSPS) is 30.6. The van der Waals surface area contributed by atoms with Gasteiger partial charge in [0.2, 0.25) is 23.6 Å². The molecule has 0 radical (unpaired) electrons. The van der Waals surface area contributed by atoms with Gasteiger partial charge in [0.15, 0.2) is 0 Å². The van der Waals surface area contributed by atoms with Gasteiger partial charge in [0, 0.05) is 49.3 Å². The van der Waals surface area contributed by atoms with Crippen molar-refractivity contribution in [3.05, 3.63) is 22.2 Å². The molecule has 0 saturated carbocycles. The average molecular weight is 566 g/mol. The molecule has 0 unspecified atom stereocenters. The molecule has 0 aromatic heterocycles. The van der Waals surface area contributed by atoms with E-state index in [9.17, 15) is 19.2 Å². The minimum Gasteiger partial charge on any atom is -0.301 e. The molecule has 3 saturated heterocycles.